The largest absolute Gasteiger partial charge is 0.379 e. The number of benzene rings is 1. The van der Waals surface area contributed by atoms with Crippen molar-refractivity contribution in [3.8, 4) is 0 Å². The Morgan fingerprint density at radius 3 is 2.67 bits per heavy atom. The lowest BCUT2D eigenvalue weighted by molar-refractivity contribution is 0.0389. The van der Waals surface area contributed by atoms with Crippen molar-refractivity contribution in [3.05, 3.63) is 34.9 Å². The average molecular weight is 353 g/mol. The van der Waals surface area contributed by atoms with Crippen molar-refractivity contribution < 1.29 is 4.74 Å². The number of aryl methyl sites for hydroxylation is 1. The van der Waals surface area contributed by atoms with Gasteiger partial charge in [0.05, 0.1) is 13.2 Å². The van der Waals surface area contributed by atoms with E-state index >= 15 is 0 Å². The normalized spacial score (nSPS) is 16.2. The second-order valence-corrected chi connectivity index (χ2v) is 6.31. The molecule has 0 radical (unpaired) electrons. The highest BCUT2D eigenvalue weighted by Crippen LogP contribution is 2.10. The van der Waals surface area contributed by atoms with Crippen LogP contribution in [0.2, 0.25) is 5.02 Å². The van der Waals surface area contributed by atoms with Gasteiger partial charge in [0, 0.05) is 44.3 Å². The first kappa shape index (κ1) is 19.0. The molecule has 0 unspecified atom stereocenters. The fourth-order valence-electron chi connectivity index (χ4n) is 2.62. The Morgan fingerprint density at radius 1 is 1.21 bits per heavy atom. The molecule has 0 spiro atoms. The van der Waals surface area contributed by atoms with Gasteiger partial charge in [0.25, 0.3) is 0 Å². The first-order chi connectivity index (χ1) is 11.8. The van der Waals surface area contributed by atoms with Gasteiger partial charge >= 0.3 is 0 Å². The molecular formula is C18H29ClN4O. The summed E-state index contributed by atoms with van der Waals surface area (Å²) in [7, 11) is 0. The number of ether oxygens (including phenoxy) is 1. The maximum atomic E-state index is 5.91. The molecular weight excluding hydrogens is 324 g/mol. The van der Waals surface area contributed by atoms with E-state index in [1.165, 1.54) is 5.56 Å². The fourth-order valence-corrected chi connectivity index (χ4v) is 2.75. The van der Waals surface area contributed by atoms with Crippen LogP contribution in [-0.2, 0) is 11.2 Å². The van der Waals surface area contributed by atoms with Gasteiger partial charge in [0.1, 0.15) is 0 Å². The zero-order valence-corrected chi connectivity index (χ0v) is 15.3. The number of guanidine groups is 1. The minimum atomic E-state index is 0.788. The van der Waals surface area contributed by atoms with Gasteiger partial charge in [-0.05, 0) is 37.5 Å². The maximum Gasteiger partial charge on any atom is 0.191 e. The molecule has 1 fully saturated rings. The molecule has 1 saturated heterocycles. The minimum absolute atomic E-state index is 0.788. The molecule has 1 aromatic rings. The summed E-state index contributed by atoms with van der Waals surface area (Å²) in [6, 6.07) is 8.05. The number of hydrogen-bond acceptors (Lipinski definition) is 3. The number of nitrogens with one attached hydrogen (secondary N) is 2. The van der Waals surface area contributed by atoms with Crippen molar-refractivity contribution in [2.75, 3.05) is 52.5 Å². The van der Waals surface area contributed by atoms with E-state index in [4.69, 9.17) is 16.3 Å². The summed E-state index contributed by atoms with van der Waals surface area (Å²) >= 11 is 5.91. The van der Waals surface area contributed by atoms with Crippen molar-refractivity contribution >= 4 is 17.6 Å². The van der Waals surface area contributed by atoms with Crippen LogP contribution >= 0.6 is 11.6 Å². The summed E-state index contributed by atoms with van der Waals surface area (Å²) < 4.78 is 5.37. The molecule has 24 heavy (non-hydrogen) atoms. The van der Waals surface area contributed by atoms with Gasteiger partial charge in [-0.3, -0.25) is 9.89 Å². The zero-order chi connectivity index (χ0) is 17.0. The number of hydrogen-bond donors (Lipinski definition) is 2. The quantitative estimate of drug-likeness (QED) is 0.427. The Bertz CT molecular complexity index is 486. The molecule has 1 aliphatic rings. The molecule has 0 atom stereocenters. The smallest absolute Gasteiger partial charge is 0.191 e. The van der Waals surface area contributed by atoms with Gasteiger partial charge in [-0.15, -0.1) is 0 Å². The highest BCUT2D eigenvalue weighted by molar-refractivity contribution is 6.30. The van der Waals surface area contributed by atoms with Gasteiger partial charge in [-0.2, -0.15) is 0 Å². The molecule has 0 amide bonds. The predicted octanol–water partition coefficient (Wildman–Crippen LogP) is 2.16. The number of nitrogens with zero attached hydrogens (tertiary/aromatic N) is 2. The zero-order valence-electron chi connectivity index (χ0n) is 14.6. The Balaban J connectivity index is 1.66. The van der Waals surface area contributed by atoms with E-state index in [9.17, 15) is 0 Å². The van der Waals surface area contributed by atoms with Crippen molar-refractivity contribution in [1.82, 2.24) is 15.5 Å². The van der Waals surface area contributed by atoms with Crippen LogP contribution in [0.3, 0.4) is 0 Å². The van der Waals surface area contributed by atoms with Gasteiger partial charge in [-0.25, -0.2) is 0 Å². The molecule has 1 aliphatic heterocycles. The molecule has 0 saturated carbocycles. The van der Waals surface area contributed by atoms with E-state index in [0.29, 0.717) is 0 Å². The summed E-state index contributed by atoms with van der Waals surface area (Å²) in [5.41, 5.74) is 1.31. The van der Waals surface area contributed by atoms with E-state index in [-0.39, 0.29) is 0 Å². The van der Waals surface area contributed by atoms with Crippen LogP contribution in [-0.4, -0.2) is 63.3 Å². The standard InChI is InChI=1S/C18H29ClN4O/c1-2-20-18(22-10-11-23-12-14-24-15-13-23)21-9-3-4-16-5-7-17(19)8-6-16/h5-8H,2-4,9-15H2,1H3,(H2,20,21,22). The number of morpholine rings is 1. The Labute approximate surface area is 150 Å². The Kier molecular flexibility index (Phi) is 8.95. The highest BCUT2D eigenvalue weighted by Gasteiger charge is 2.09. The Hall–Kier alpha value is -1.30. The summed E-state index contributed by atoms with van der Waals surface area (Å²) in [6.07, 6.45) is 2.05. The lowest BCUT2D eigenvalue weighted by Gasteiger charge is -2.26. The van der Waals surface area contributed by atoms with Crippen molar-refractivity contribution in [1.29, 1.82) is 0 Å². The van der Waals surface area contributed by atoms with Crippen LogP contribution in [0, 0.1) is 0 Å². The van der Waals surface area contributed by atoms with Gasteiger partial charge < -0.3 is 15.4 Å². The minimum Gasteiger partial charge on any atom is -0.379 e. The molecule has 1 heterocycles. The molecule has 0 aromatic heterocycles. The third-order valence-electron chi connectivity index (χ3n) is 3.98. The van der Waals surface area contributed by atoms with E-state index < -0.39 is 0 Å². The highest BCUT2D eigenvalue weighted by atomic mass is 35.5. The van der Waals surface area contributed by atoms with Crippen molar-refractivity contribution in [3.63, 3.8) is 0 Å². The first-order valence-electron chi connectivity index (χ1n) is 8.84. The summed E-state index contributed by atoms with van der Waals surface area (Å²) in [5.74, 6) is 0.905. The third-order valence-corrected chi connectivity index (χ3v) is 4.23. The molecule has 2 N–H and O–H groups in total. The second kappa shape index (κ2) is 11.3. The summed E-state index contributed by atoms with van der Waals surface area (Å²) in [4.78, 5) is 7.07. The predicted molar refractivity (Wildman–Crippen MR) is 101 cm³/mol. The van der Waals surface area contributed by atoms with E-state index in [2.05, 4.69) is 39.6 Å². The molecule has 134 valence electrons. The fraction of sp³-hybridized carbons (Fsp3) is 0.611. The number of rotatable bonds is 8. The van der Waals surface area contributed by atoms with Crippen LogP contribution in [0.25, 0.3) is 0 Å². The first-order valence-corrected chi connectivity index (χ1v) is 9.22. The molecule has 0 aliphatic carbocycles. The monoisotopic (exact) mass is 352 g/mol. The van der Waals surface area contributed by atoms with E-state index in [1.54, 1.807) is 0 Å². The lowest BCUT2D eigenvalue weighted by Crippen LogP contribution is -2.44. The van der Waals surface area contributed by atoms with Gasteiger partial charge in [-0.1, -0.05) is 23.7 Å². The summed E-state index contributed by atoms with van der Waals surface area (Å²) in [5, 5.41) is 7.51. The van der Waals surface area contributed by atoms with Crippen LogP contribution in [0.1, 0.15) is 18.9 Å². The van der Waals surface area contributed by atoms with Crippen LogP contribution < -0.4 is 10.6 Å². The molecule has 2 rings (SSSR count). The average Bonchev–Trinajstić information content (AvgIpc) is 2.61. The molecule has 0 bridgehead atoms. The van der Waals surface area contributed by atoms with E-state index in [0.717, 1.165) is 76.3 Å². The van der Waals surface area contributed by atoms with Crippen LogP contribution in [0.5, 0.6) is 0 Å². The van der Waals surface area contributed by atoms with Gasteiger partial charge in [0.2, 0.25) is 0 Å². The number of halogens is 1. The van der Waals surface area contributed by atoms with Crippen molar-refractivity contribution in [2.24, 2.45) is 4.99 Å². The van der Waals surface area contributed by atoms with Crippen LogP contribution in [0.15, 0.2) is 29.3 Å². The van der Waals surface area contributed by atoms with Crippen molar-refractivity contribution in [2.45, 2.75) is 19.8 Å². The molecule has 1 aromatic carbocycles. The second-order valence-electron chi connectivity index (χ2n) is 5.87. The topological polar surface area (TPSA) is 48.9 Å². The SMILES string of the molecule is CCNC(=NCCCc1ccc(Cl)cc1)NCCN1CCOCC1. The number of aliphatic imine (C=N–C) groups is 1. The summed E-state index contributed by atoms with van der Waals surface area (Å²) in [6.45, 7) is 9.45. The maximum absolute atomic E-state index is 5.91. The van der Waals surface area contributed by atoms with E-state index in [1.807, 2.05) is 12.1 Å². The molecule has 5 nitrogen and oxygen atoms in total. The Morgan fingerprint density at radius 2 is 1.96 bits per heavy atom. The third kappa shape index (κ3) is 7.51. The van der Waals surface area contributed by atoms with Crippen LogP contribution in [0.4, 0.5) is 0 Å². The van der Waals surface area contributed by atoms with Gasteiger partial charge in [0.15, 0.2) is 5.96 Å². The molecule has 6 heteroatoms. The lowest BCUT2D eigenvalue weighted by atomic mass is 10.1.